The number of nitrogens with two attached hydrogens (primary N) is 4. The molecule has 1 aromatic carbocycles. The second-order valence-electron chi connectivity index (χ2n) is 7.99. The van der Waals surface area contributed by atoms with Gasteiger partial charge in [0.25, 0.3) is 0 Å². The number of guanidine groups is 1. The van der Waals surface area contributed by atoms with Gasteiger partial charge in [-0.15, -0.1) is 0 Å². The minimum atomic E-state index is -1.35. The van der Waals surface area contributed by atoms with E-state index in [1.54, 1.807) is 30.3 Å². The standard InChI is InChI=1S/C22H34N8O6/c23-14(7-4-10-27-22(25)26)19(33)30-16(11-13-5-2-1-3-6-13)20(34)28-12-18(32)29-15(21(35)36)8-9-17(24)31/h1-3,5-6,14-16H,4,7-12,23H2,(H2,24,31)(H,28,34)(H,29,32)(H,30,33)(H,35,36)(H4,25,26,27). The first-order chi connectivity index (χ1) is 17.0. The van der Waals surface area contributed by atoms with Crippen molar-refractivity contribution < 1.29 is 29.1 Å². The van der Waals surface area contributed by atoms with Crippen molar-refractivity contribution in [2.75, 3.05) is 13.1 Å². The summed E-state index contributed by atoms with van der Waals surface area (Å²) >= 11 is 0. The molecule has 3 atom stereocenters. The van der Waals surface area contributed by atoms with E-state index in [0.717, 1.165) is 5.56 Å². The van der Waals surface area contributed by atoms with Crippen molar-refractivity contribution in [1.82, 2.24) is 16.0 Å². The third-order valence-electron chi connectivity index (χ3n) is 4.96. The Kier molecular flexibility index (Phi) is 13.0. The van der Waals surface area contributed by atoms with Crippen molar-refractivity contribution in [2.45, 2.75) is 50.2 Å². The maximum Gasteiger partial charge on any atom is 0.326 e. The molecule has 0 aromatic heterocycles. The summed E-state index contributed by atoms with van der Waals surface area (Å²) in [7, 11) is 0. The van der Waals surface area contributed by atoms with Crippen LogP contribution in [0.2, 0.25) is 0 Å². The number of amides is 4. The normalized spacial score (nSPS) is 12.9. The van der Waals surface area contributed by atoms with Crippen LogP contribution in [0.3, 0.4) is 0 Å². The van der Waals surface area contributed by atoms with Crippen LogP contribution < -0.4 is 38.9 Å². The fourth-order valence-corrected chi connectivity index (χ4v) is 3.07. The molecule has 3 unspecified atom stereocenters. The number of rotatable bonds is 16. The first-order valence-electron chi connectivity index (χ1n) is 11.2. The molecule has 0 fully saturated rings. The summed E-state index contributed by atoms with van der Waals surface area (Å²) < 4.78 is 0. The predicted octanol–water partition coefficient (Wildman–Crippen LogP) is -2.95. The predicted molar refractivity (Wildman–Crippen MR) is 131 cm³/mol. The molecule has 0 saturated heterocycles. The van der Waals surface area contributed by atoms with Crippen molar-refractivity contribution in [3.05, 3.63) is 35.9 Å². The van der Waals surface area contributed by atoms with E-state index in [0.29, 0.717) is 13.0 Å². The molecule has 0 aliphatic carbocycles. The first kappa shape index (κ1) is 29.8. The zero-order valence-electron chi connectivity index (χ0n) is 19.8. The number of carbonyl (C=O) groups excluding carboxylic acids is 4. The van der Waals surface area contributed by atoms with E-state index in [4.69, 9.17) is 22.9 Å². The Hall–Kier alpha value is -4.20. The average molecular weight is 507 g/mol. The highest BCUT2D eigenvalue weighted by Gasteiger charge is 2.25. The monoisotopic (exact) mass is 506 g/mol. The summed E-state index contributed by atoms with van der Waals surface area (Å²) in [5, 5.41) is 16.4. The molecule has 198 valence electrons. The van der Waals surface area contributed by atoms with E-state index in [1.165, 1.54) is 0 Å². The molecule has 1 rings (SSSR count). The lowest BCUT2D eigenvalue weighted by Crippen LogP contribution is -2.54. The molecule has 0 radical (unpaired) electrons. The average Bonchev–Trinajstić information content (AvgIpc) is 2.82. The Labute approximate surface area is 208 Å². The van der Waals surface area contributed by atoms with Gasteiger partial charge in [-0.25, -0.2) is 4.79 Å². The summed E-state index contributed by atoms with van der Waals surface area (Å²) in [6.45, 7) is -0.256. The number of aliphatic carboxylic acids is 1. The number of hydrogen-bond acceptors (Lipinski definition) is 7. The van der Waals surface area contributed by atoms with Gasteiger partial charge in [0.05, 0.1) is 12.6 Å². The summed E-state index contributed by atoms with van der Waals surface area (Å²) in [5.74, 6) is -4.16. The third-order valence-corrected chi connectivity index (χ3v) is 4.96. The highest BCUT2D eigenvalue weighted by atomic mass is 16.4. The fourth-order valence-electron chi connectivity index (χ4n) is 3.07. The number of hydrogen-bond donors (Lipinski definition) is 8. The van der Waals surface area contributed by atoms with Crippen molar-refractivity contribution in [3.8, 4) is 0 Å². The highest BCUT2D eigenvalue weighted by molar-refractivity contribution is 5.92. The van der Waals surface area contributed by atoms with Gasteiger partial charge in [-0.1, -0.05) is 30.3 Å². The fraction of sp³-hybridized carbons (Fsp3) is 0.455. The molecule has 0 bridgehead atoms. The lowest BCUT2D eigenvalue weighted by molar-refractivity contribution is -0.142. The maximum atomic E-state index is 12.8. The van der Waals surface area contributed by atoms with Crippen LogP contribution in [0, 0.1) is 0 Å². The van der Waals surface area contributed by atoms with Crippen LogP contribution in [0.1, 0.15) is 31.2 Å². The molecule has 14 heteroatoms. The number of carboxylic acids is 1. The second kappa shape index (κ2) is 15.7. The molecule has 4 amide bonds. The van der Waals surface area contributed by atoms with E-state index in [9.17, 15) is 29.1 Å². The van der Waals surface area contributed by atoms with Crippen molar-refractivity contribution in [1.29, 1.82) is 0 Å². The van der Waals surface area contributed by atoms with Gasteiger partial charge in [0.2, 0.25) is 23.6 Å². The van der Waals surface area contributed by atoms with Crippen LogP contribution in [0.5, 0.6) is 0 Å². The molecule has 0 heterocycles. The Morgan fingerprint density at radius 2 is 1.58 bits per heavy atom. The van der Waals surface area contributed by atoms with E-state index in [1.807, 2.05) is 0 Å². The molecule has 0 aliphatic heterocycles. The van der Waals surface area contributed by atoms with Crippen LogP contribution in [-0.2, 0) is 30.4 Å². The maximum absolute atomic E-state index is 12.8. The van der Waals surface area contributed by atoms with Crippen molar-refractivity contribution in [2.24, 2.45) is 27.9 Å². The third kappa shape index (κ3) is 12.3. The van der Waals surface area contributed by atoms with Gasteiger partial charge in [0.15, 0.2) is 5.96 Å². The Balaban J connectivity index is 2.75. The largest absolute Gasteiger partial charge is 0.480 e. The molecule has 1 aromatic rings. The van der Waals surface area contributed by atoms with Crippen LogP contribution >= 0.6 is 0 Å². The zero-order chi connectivity index (χ0) is 27.1. The quantitative estimate of drug-likeness (QED) is 0.0646. The van der Waals surface area contributed by atoms with E-state index in [-0.39, 0.29) is 31.6 Å². The van der Waals surface area contributed by atoms with Crippen LogP contribution in [0.25, 0.3) is 0 Å². The SMILES string of the molecule is NC(=O)CCC(NC(=O)CNC(=O)C(Cc1ccccc1)NC(=O)C(N)CCCN=C(N)N)C(=O)O. The number of nitrogens with zero attached hydrogens (tertiary/aromatic N) is 1. The van der Waals surface area contributed by atoms with Crippen molar-refractivity contribution >= 4 is 35.6 Å². The Morgan fingerprint density at radius 1 is 0.917 bits per heavy atom. The number of nitrogens with one attached hydrogen (secondary N) is 3. The zero-order valence-corrected chi connectivity index (χ0v) is 19.8. The Bertz CT molecular complexity index is 936. The lowest BCUT2D eigenvalue weighted by Gasteiger charge is -2.21. The van der Waals surface area contributed by atoms with Gasteiger partial charge >= 0.3 is 5.97 Å². The molecular weight excluding hydrogens is 472 g/mol. The number of benzene rings is 1. The van der Waals surface area contributed by atoms with E-state index in [2.05, 4.69) is 20.9 Å². The summed E-state index contributed by atoms with van der Waals surface area (Å²) in [6.07, 6.45) is 0.408. The molecule has 14 nitrogen and oxygen atoms in total. The van der Waals surface area contributed by atoms with Gasteiger partial charge in [0.1, 0.15) is 12.1 Å². The highest BCUT2D eigenvalue weighted by Crippen LogP contribution is 2.05. The van der Waals surface area contributed by atoms with Gasteiger partial charge < -0.3 is 44.0 Å². The number of aliphatic imine (C=N–C) groups is 1. The summed E-state index contributed by atoms with van der Waals surface area (Å²) in [5.41, 5.74) is 22.2. The van der Waals surface area contributed by atoms with E-state index < -0.39 is 54.3 Å². The molecule has 36 heavy (non-hydrogen) atoms. The van der Waals surface area contributed by atoms with Crippen LogP contribution in [0.15, 0.2) is 35.3 Å². The number of primary amides is 1. The van der Waals surface area contributed by atoms with Crippen LogP contribution in [0.4, 0.5) is 0 Å². The molecular formula is C22H34N8O6. The minimum absolute atomic E-state index is 0.0702. The Morgan fingerprint density at radius 3 is 2.17 bits per heavy atom. The first-order valence-corrected chi connectivity index (χ1v) is 11.2. The number of carbonyl (C=O) groups is 5. The smallest absolute Gasteiger partial charge is 0.326 e. The van der Waals surface area contributed by atoms with E-state index >= 15 is 0 Å². The summed E-state index contributed by atoms with van der Waals surface area (Å²) in [6, 6.07) is 5.55. The lowest BCUT2D eigenvalue weighted by atomic mass is 10.0. The van der Waals surface area contributed by atoms with Crippen LogP contribution in [-0.4, -0.2) is 71.9 Å². The van der Waals surface area contributed by atoms with Gasteiger partial charge in [-0.05, 0) is 24.8 Å². The van der Waals surface area contributed by atoms with Gasteiger partial charge in [-0.3, -0.25) is 24.2 Å². The van der Waals surface area contributed by atoms with Crippen molar-refractivity contribution in [3.63, 3.8) is 0 Å². The second-order valence-corrected chi connectivity index (χ2v) is 7.99. The minimum Gasteiger partial charge on any atom is -0.480 e. The molecule has 0 saturated carbocycles. The van der Waals surface area contributed by atoms with Gasteiger partial charge in [-0.2, -0.15) is 0 Å². The molecule has 0 aliphatic rings. The summed E-state index contributed by atoms with van der Waals surface area (Å²) in [4.78, 5) is 63.5. The topological polar surface area (TPSA) is 258 Å². The molecule has 0 spiro atoms. The number of carboxylic acid groups (broad SMARTS) is 1. The molecule has 12 N–H and O–H groups in total. The van der Waals surface area contributed by atoms with Gasteiger partial charge in [0, 0.05) is 19.4 Å².